The number of nitrogens with one attached hydrogen (secondary N) is 1. The third kappa shape index (κ3) is 5.56. The topological polar surface area (TPSA) is 44.8 Å². The van der Waals surface area contributed by atoms with Crippen LogP contribution < -0.4 is 10.2 Å². The van der Waals surface area contributed by atoms with Gasteiger partial charge >= 0.3 is 0 Å². The first-order valence-electron chi connectivity index (χ1n) is 10.9. The molecule has 5 nitrogen and oxygen atoms in total. The van der Waals surface area contributed by atoms with Gasteiger partial charge in [-0.1, -0.05) is 28.1 Å². The molecule has 4 rings (SSSR count). The minimum absolute atomic E-state index is 0.0340. The van der Waals surface area contributed by atoms with Crippen molar-refractivity contribution in [1.82, 2.24) is 4.90 Å². The summed E-state index contributed by atoms with van der Waals surface area (Å²) in [4.78, 5) is 17.6. The van der Waals surface area contributed by atoms with Crippen molar-refractivity contribution in [2.75, 3.05) is 44.1 Å². The molecule has 0 spiro atoms. The Morgan fingerprint density at radius 1 is 1.19 bits per heavy atom. The van der Waals surface area contributed by atoms with Crippen LogP contribution in [0.1, 0.15) is 30.4 Å². The van der Waals surface area contributed by atoms with Gasteiger partial charge in [-0.25, -0.2) is 0 Å². The summed E-state index contributed by atoms with van der Waals surface area (Å²) in [6.07, 6.45) is 4.90. The second-order valence-electron chi connectivity index (χ2n) is 8.45. The summed E-state index contributed by atoms with van der Waals surface area (Å²) in [5.41, 5.74) is 5.08. The Hall–Kier alpha value is -2.15. The van der Waals surface area contributed by atoms with E-state index in [0.717, 1.165) is 66.1 Å². The monoisotopic (exact) mass is 483 g/mol. The molecule has 2 aromatic carbocycles. The number of carbonyl (C=O) groups excluding carboxylic acids is 1. The SMILES string of the molecule is CN1CCC(C(=O)Nc2ccc(CN(C)C3CCOCC3)cc2)=Cc2cc(Br)ccc21. The molecule has 1 fully saturated rings. The Bertz CT molecular complexity index is 952. The Balaban J connectivity index is 1.40. The van der Waals surface area contributed by atoms with Crippen molar-refractivity contribution in [3.63, 3.8) is 0 Å². The molecule has 0 aliphatic carbocycles. The fourth-order valence-corrected chi connectivity index (χ4v) is 4.66. The highest BCUT2D eigenvalue weighted by Gasteiger charge is 2.19. The molecular formula is C25H30BrN3O2. The molecule has 0 bridgehead atoms. The van der Waals surface area contributed by atoms with E-state index in [1.807, 2.05) is 24.3 Å². The van der Waals surface area contributed by atoms with Crippen LogP contribution in [-0.2, 0) is 16.1 Å². The van der Waals surface area contributed by atoms with E-state index in [2.05, 4.69) is 69.4 Å². The summed E-state index contributed by atoms with van der Waals surface area (Å²) in [5, 5.41) is 3.08. The van der Waals surface area contributed by atoms with Gasteiger partial charge in [0.15, 0.2) is 0 Å². The van der Waals surface area contributed by atoms with E-state index in [1.54, 1.807) is 0 Å². The molecule has 2 aliphatic rings. The quantitative estimate of drug-likeness (QED) is 0.655. The van der Waals surface area contributed by atoms with Crippen LogP contribution in [-0.4, -0.2) is 50.7 Å². The van der Waals surface area contributed by atoms with Gasteiger partial charge in [-0.05, 0) is 73.8 Å². The van der Waals surface area contributed by atoms with Gasteiger partial charge in [0.05, 0.1) is 0 Å². The van der Waals surface area contributed by atoms with E-state index in [1.165, 1.54) is 5.56 Å². The smallest absolute Gasteiger partial charge is 0.251 e. The van der Waals surface area contributed by atoms with Gasteiger partial charge in [0.25, 0.3) is 5.91 Å². The summed E-state index contributed by atoms with van der Waals surface area (Å²) < 4.78 is 6.48. The number of fused-ring (bicyclic) bond motifs is 1. The fraction of sp³-hybridized carbons (Fsp3) is 0.400. The van der Waals surface area contributed by atoms with Crippen LogP contribution in [0.3, 0.4) is 0 Å². The molecule has 6 heteroatoms. The number of carbonyl (C=O) groups is 1. The Kier molecular flexibility index (Phi) is 7.10. The number of anilines is 2. The largest absolute Gasteiger partial charge is 0.381 e. The molecule has 2 heterocycles. The number of benzene rings is 2. The second kappa shape index (κ2) is 9.98. The zero-order valence-corrected chi connectivity index (χ0v) is 19.8. The molecule has 1 N–H and O–H groups in total. The molecule has 0 aromatic heterocycles. The van der Waals surface area contributed by atoms with Gasteiger partial charge in [-0.2, -0.15) is 0 Å². The van der Waals surface area contributed by atoms with Crippen molar-refractivity contribution < 1.29 is 9.53 Å². The van der Waals surface area contributed by atoms with E-state index < -0.39 is 0 Å². The van der Waals surface area contributed by atoms with Crippen molar-refractivity contribution in [2.24, 2.45) is 0 Å². The van der Waals surface area contributed by atoms with Crippen LogP contribution >= 0.6 is 15.9 Å². The fourth-order valence-electron chi connectivity index (χ4n) is 4.28. The molecule has 0 atom stereocenters. The Labute approximate surface area is 193 Å². The first-order chi connectivity index (χ1) is 15.0. The van der Waals surface area contributed by atoms with Crippen LogP contribution in [0, 0.1) is 0 Å². The molecule has 2 aromatic rings. The minimum Gasteiger partial charge on any atom is -0.381 e. The summed E-state index contributed by atoms with van der Waals surface area (Å²) in [6.45, 7) is 3.42. The summed E-state index contributed by atoms with van der Waals surface area (Å²) in [6, 6.07) is 15.0. The van der Waals surface area contributed by atoms with Gasteiger partial charge in [-0.15, -0.1) is 0 Å². The predicted molar refractivity (Wildman–Crippen MR) is 130 cm³/mol. The van der Waals surface area contributed by atoms with E-state index in [-0.39, 0.29) is 5.91 Å². The number of halogens is 1. The molecule has 0 radical (unpaired) electrons. The van der Waals surface area contributed by atoms with Gasteiger partial charge in [-0.3, -0.25) is 9.69 Å². The van der Waals surface area contributed by atoms with E-state index in [4.69, 9.17) is 4.74 Å². The number of nitrogens with zero attached hydrogens (tertiary/aromatic N) is 2. The first kappa shape index (κ1) is 22.1. The molecule has 31 heavy (non-hydrogen) atoms. The van der Waals surface area contributed by atoms with E-state index >= 15 is 0 Å². The highest BCUT2D eigenvalue weighted by Crippen LogP contribution is 2.30. The lowest BCUT2D eigenvalue weighted by atomic mass is 10.1. The van der Waals surface area contributed by atoms with Crippen LogP contribution in [0.5, 0.6) is 0 Å². The Morgan fingerprint density at radius 3 is 2.68 bits per heavy atom. The third-order valence-corrected chi connectivity index (χ3v) is 6.69. The maximum absolute atomic E-state index is 13.0. The van der Waals surface area contributed by atoms with Crippen molar-refractivity contribution in [3.8, 4) is 0 Å². The highest BCUT2D eigenvalue weighted by molar-refractivity contribution is 9.10. The average molecular weight is 484 g/mol. The maximum atomic E-state index is 13.0. The van der Waals surface area contributed by atoms with Crippen molar-refractivity contribution >= 4 is 39.3 Å². The number of amides is 1. The molecule has 0 saturated carbocycles. The molecule has 1 amide bonds. The predicted octanol–water partition coefficient (Wildman–Crippen LogP) is 4.92. The molecule has 164 valence electrons. The first-order valence-corrected chi connectivity index (χ1v) is 11.7. The summed E-state index contributed by atoms with van der Waals surface area (Å²) in [7, 11) is 4.24. The third-order valence-electron chi connectivity index (χ3n) is 6.20. The van der Waals surface area contributed by atoms with Crippen molar-refractivity contribution in [2.45, 2.75) is 31.8 Å². The zero-order valence-electron chi connectivity index (χ0n) is 18.2. The zero-order chi connectivity index (χ0) is 21.8. The second-order valence-corrected chi connectivity index (χ2v) is 9.37. The average Bonchev–Trinajstić information content (AvgIpc) is 2.94. The molecular weight excluding hydrogens is 454 g/mol. The minimum atomic E-state index is -0.0340. The van der Waals surface area contributed by atoms with E-state index in [0.29, 0.717) is 12.5 Å². The molecule has 2 aliphatic heterocycles. The summed E-state index contributed by atoms with van der Waals surface area (Å²) >= 11 is 3.54. The van der Waals surface area contributed by atoms with Crippen molar-refractivity contribution in [3.05, 3.63) is 63.6 Å². The Morgan fingerprint density at radius 2 is 1.94 bits per heavy atom. The van der Waals surface area contributed by atoms with E-state index in [9.17, 15) is 4.79 Å². The molecule has 1 saturated heterocycles. The lowest BCUT2D eigenvalue weighted by molar-refractivity contribution is -0.112. The number of hydrogen-bond acceptors (Lipinski definition) is 4. The van der Waals surface area contributed by atoms with Crippen LogP contribution in [0.15, 0.2) is 52.5 Å². The maximum Gasteiger partial charge on any atom is 0.251 e. The van der Waals surface area contributed by atoms with Crippen LogP contribution in [0.2, 0.25) is 0 Å². The normalized spacial score (nSPS) is 17.2. The number of rotatable bonds is 5. The van der Waals surface area contributed by atoms with Gasteiger partial charge < -0.3 is 15.0 Å². The lowest BCUT2D eigenvalue weighted by Crippen LogP contribution is -2.36. The number of ether oxygens (including phenoxy) is 1. The van der Waals surface area contributed by atoms with Gasteiger partial charge in [0, 0.05) is 60.8 Å². The standard InChI is InChI=1S/C25H30BrN3O2/c1-28-12-9-19(15-20-16-21(26)5-8-24(20)28)25(30)27-22-6-3-18(4-7-22)17-29(2)23-10-13-31-14-11-23/h3-8,15-16,23H,9-14,17H2,1-2H3,(H,27,30). The number of hydrogen-bond donors (Lipinski definition) is 1. The van der Waals surface area contributed by atoms with Crippen LogP contribution in [0.4, 0.5) is 11.4 Å². The van der Waals surface area contributed by atoms with Crippen LogP contribution in [0.25, 0.3) is 6.08 Å². The molecule has 0 unspecified atom stereocenters. The van der Waals surface area contributed by atoms with Gasteiger partial charge in [0.2, 0.25) is 0 Å². The highest BCUT2D eigenvalue weighted by atomic mass is 79.9. The van der Waals surface area contributed by atoms with Gasteiger partial charge in [0.1, 0.15) is 0 Å². The lowest BCUT2D eigenvalue weighted by Gasteiger charge is -2.31. The van der Waals surface area contributed by atoms with Crippen molar-refractivity contribution in [1.29, 1.82) is 0 Å². The summed E-state index contributed by atoms with van der Waals surface area (Å²) in [5.74, 6) is -0.0340.